The van der Waals surface area contributed by atoms with Gasteiger partial charge in [0.15, 0.2) is 6.61 Å². The van der Waals surface area contributed by atoms with Crippen molar-refractivity contribution in [3.8, 4) is 5.75 Å². The Bertz CT molecular complexity index is 1210. The van der Waals surface area contributed by atoms with Crippen LogP contribution in [0.5, 0.6) is 5.75 Å². The highest BCUT2D eigenvalue weighted by Crippen LogP contribution is 2.27. The number of aromatic amines is 1. The number of nitrogens with one attached hydrogen (secondary N) is 2. The van der Waals surface area contributed by atoms with Crippen molar-refractivity contribution in [1.82, 2.24) is 15.4 Å². The fraction of sp³-hybridized carbons (Fsp3) is 0.0870. The minimum absolute atomic E-state index is 0.239. The lowest BCUT2D eigenvalue weighted by molar-refractivity contribution is -0.123. The largest absolute Gasteiger partial charge is 0.482 e. The molecular weight excluding hydrogens is 435 g/mol. The molecule has 3 aromatic carbocycles. The van der Waals surface area contributed by atoms with E-state index in [1.807, 2.05) is 54.6 Å². The molecular formula is C23H18Cl2N4O2. The van der Waals surface area contributed by atoms with Crippen molar-refractivity contribution < 1.29 is 9.53 Å². The molecule has 1 aromatic heterocycles. The number of rotatable bonds is 7. The van der Waals surface area contributed by atoms with E-state index in [4.69, 9.17) is 27.9 Å². The third-order valence-corrected chi connectivity index (χ3v) is 4.98. The van der Waals surface area contributed by atoms with Gasteiger partial charge < -0.3 is 9.72 Å². The zero-order valence-corrected chi connectivity index (χ0v) is 17.8. The summed E-state index contributed by atoms with van der Waals surface area (Å²) in [5, 5.41) is 5.15. The number of halogens is 2. The summed E-state index contributed by atoms with van der Waals surface area (Å²) < 4.78 is 5.46. The SMILES string of the molecule is O=C(COc1ccc(Cl)cc1Cl)NN=C(Cc1nc2ccccc2[nH]1)c1ccccc1. The summed E-state index contributed by atoms with van der Waals surface area (Å²) in [5.41, 5.74) is 5.92. The Hall–Kier alpha value is -3.35. The van der Waals surface area contributed by atoms with Crippen LogP contribution in [-0.2, 0) is 11.2 Å². The summed E-state index contributed by atoms with van der Waals surface area (Å²) in [5.74, 6) is 0.710. The van der Waals surface area contributed by atoms with E-state index < -0.39 is 5.91 Å². The number of benzene rings is 3. The molecule has 156 valence electrons. The van der Waals surface area contributed by atoms with Crippen molar-refractivity contribution in [3.63, 3.8) is 0 Å². The Morgan fingerprint density at radius 1 is 1.03 bits per heavy atom. The third-order valence-electron chi connectivity index (χ3n) is 4.45. The standard InChI is InChI=1S/C23H18Cl2N4O2/c24-16-10-11-21(17(25)12-16)31-14-23(30)29-28-20(15-6-2-1-3-7-15)13-22-26-18-8-4-5-9-19(18)27-22/h1-12H,13-14H2,(H,26,27)(H,29,30). The van der Waals surface area contributed by atoms with Crippen LogP contribution in [0.2, 0.25) is 10.0 Å². The molecule has 0 aliphatic rings. The fourth-order valence-corrected chi connectivity index (χ4v) is 3.45. The highest BCUT2D eigenvalue weighted by Gasteiger charge is 2.11. The van der Waals surface area contributed by atoms with Gasteiger partial charge in [-0.3, -0.25) is 4.79 Å². The lowest BCUT2D eigenvalue weighted by Crippen LogP contribution is -2.26. The monoisotopic (exact) mass is 452 g/mol. The van der Waals surface area contributed by atoms with Crippen LogP contribution in [0.15, 0.2) is 77.9 Å². The van der Waals surface area contributed by atoms with Crippen molar-refractivity contribution in [2.24, 2.45) is 5.10 Å². The Kier molecular flexibility index (Phi) is 6.50. The lowest BCUT2D eigenvalue weighted by Gasteiger charge is -2.09. The first-order valence-corrected chi connectivity index (χ1v) is 10.3. The van der Waals surface area contributed by atoms with Gasteiger partial charge in [0.05, 0.1) is 28.2 Å². The quantitative estimate of drug-likeness (QED) is 0.305. The maximum absolute atomic E-state index is 12.3. The maximum Gasteiger partial charge on any atom is 0.277 e. The van der Waals surface area contributed by atoms with Crippen LogP contribution in [0, 0.1) is 0 Å². The first-order chi connectivity index (χ1) is 15.1. The topological polar surface area (TPSA) is 79.4 Å². The Morgan fingerprint density at radius 3 is 2.58 bits per heavy atom. The summed E-state index contributed by atoms with van der Waals surface area (Å²) in [7, 11) is 0. The molecule has 6 nitrogen and oxygen atoms in total. The van der Waals surface area contributed by atoms with Gasteiger partial charge in [0, 0.05) is 5.02 Å². The Morgan fingerprint density at radius 2 is 1.81 bits per heavy atom. The lowest BCUT2D eigenvalue weighted by atomic mass is 10.1. The second-order valence-corrected chi connectivity index (χ2v) is 7.54. The Balaban J connectivity index is 1.47. The number of hydrogen-bond acceptors (Lipinski definition) is 4. The molecule has 0 saturated carbocycles. The molecule has 0 saturated heterocycles. The molecule has 31 heavy (non-hydrogen) atoms. The molecule has 0 unspecified atom stereocenters. The van der Waals surface area contributed by atoms with Crippen LogP contribution < -0.4 is 10.2 Å². The number of carbonyl (C=O) groups excluding carboxylic acids is 1. The number of ether oxygens (including phenoxy) is 1. The normalized spacial score (nSPS) is 11.5. The van der Waals surface area contributed by atoms with Crippen molar-refractivity contribution >= 4 is 45.9 Å². The number of H-pyrrole nitrogens is 1. The van der Waals surface area contributed by atoms with Gasteiger partial charge >= 0.3 is 0 Å². The van der Waals surface area contributed by atoms with Gasteiger partial charge in [-0.25, -0.2) is 10.4 Å². The number of carbonyl (C=O) groups is 1. The number of fused-ring (bicyclic) bond motifs is 1. The van der Waals surface area contributed by atoms with E-state index in [0.717, 1.165) is 22.4 Å². The summed E-state index contributed by atoms with van der Waals surface area (Å²) in [6.45, 7) is -0.239. The minimum atomic E-state index is -0.413. The van der Waals surface area contributed by atoms with Gasteiger partial charge in [0.2, 0.25) is 0 Å². The molecule has 0 spiro atoms. The fourth-order valence-electron chi connectivity index (χ4n) is 2.98. The van der Waals surface area contributed by atoms with Gasteiger partial charge in [0.1, 0.15) is 11.6 Å². The average molecular weight is 453 g/mol. The number of amides is 1. The first kappa shape index (κ1) is 20.9. The molecule has 0 bridgehead atoms. The zero-order chi connectivity index (χ0) is 21.6. The van der Waals surface area contributed by atoms with E-state index in [0.29, 0.717) is 27.9 Å². The van der Waals surface area contributed by atoms with E-state index in [1.54, 1.807) is 18.2 Å². The first-order valence-electron chi connectivity index (χ1n) is 9.51. The molecule has 4 rings (SSSR count). The highest BCUT2D eigenvalue weighted by atomic mass is 35.5. The third kappa shape index (κ3) is 5.42. The summed E-state index contributed by atoms with van der Waals surface area (Å²) in [6, 6.07) is 22.2. The molecule has 0 atom stereocenters. The van der Waals surface area contributed by atoms with Crippen LogP contribution in [0.1, 0.15) is 11.4 Å². The number of para-hydroxylation sites is 2. The predicted octanol–water partition coefficient (Wildman–Crippen LogP) is 5.01. The number of nitrogens with zero attached hydrogens (tertiary/aromatic N) is 2. The van der Waals surface area contributed by atoms with Gasteiger partial charge in [0.25, 0.3) is 5.91 Å². The second kappa shape index (κ2) is 9.64. The minimum Gasteiger partial charge on any atom is -0.482 e. The highest BCUT2D eigenvalue weighted by molar-refractivity contribution is 6.35. The Labute approximate surface area is 188 Å². The van der Waals surface area contributed by atoms with Gasteiger partial charge in [-0.1, -0.05) is 65.7 Å². The molecule has 0 fully saturated rings. The van der Waals surface area contributed by atoms with Crippen molar-refractivity contribution in [2.75, 3.05) is 6.61 Å². The van der Waals surface area contributed by atoms with E-state index >= 15 is 0 Å². The van der Waals surface area contributed by atoms with Gasteiger partial charge in [-0.05, 0) is 35.9 Å². The molecule has 0 aliphatic heterocycles. The van der Waals surface area contributed by atoms with E-state index in [2.05, 4.69) is 20.5 Å². The van der Waals surface area contributed by atoms with Crippen LogP contribution in [-0.4, -0.2) is 28.2 Å². The van der Waals surface area contributed by atoms with Crippen molar-refractivity contribution in [2.45, 2.75) is 6.42 Å². The second-order valence-electron chi connectivity index (χ2n) is 6.70. The predicted molar refractivity (Wildman–Crippen MR) is 123 cm³/mol. The molecule has 0 aliphatic carbocycles. The van der Waals surface area contributed by atoms with Gasteiger partial charge in [-0.15, -0.1) is 0 Å². The van der Waals surface area contributed by atoms with E-state index in [1.165, 1.54) is 0 Å². The smallest absolute Gasteiger partial charge is 0.277 e. The van der Waals surface area contributed by atoms with Crippen LogP contribution in [0.25, 0.3) is 11.0 Å². The molecule has 2 N–H and O–H groups in total. The molecule has 1 heterocycles. The van der Waals surface area contributed by atoms with E-state index in [-0.39, 0.29) is 6.61 Å². The van der Waals surface area contributed by atoms with Crippen molar-refractivity contribution in [1.29, 1.82) is 0 Å². The molecule has 8 heteroatoms. The summed E-state index contributed by atoms with van der Waals surface area (Å²) in [4.78, 5) is 20.2. The summed E-state index contributed by atoms with van der Waals surface area (Å²) >= 11 is 11.9. The molecule has 4 aromatic rings. The number of aromatic nitrogens is 2. The molecule has 1 amide bonds. The number of hydrogen-bond donors (Lipinski definition) is 2. The zero-order valence-electron chi connectivity index (χ0n) is 16.3. The number of imidazole rings is 1. The van der Waals surface area contributed by atoms with E-state index in [9.17, 15) is 4.79 Å². The van der Waals surface area contributed by atoms with Crippen molar-refractivity contribution in [3.05, 3.63) is 94.2 Å². The number of hydrazone groups is 1. The van der Waals surface area contributed by atoms with Crippen LogP contribution in [0.3, 0.4) is 0 Å². The average Bonchev–Trinajstić information content (AvgIpc) is 3.19. The maximum atomic E-state index is 12.3. The molecule has 0 radical (unpaired) electrons. The van der Waals surface area contributed by atoms with Crippen LogP contribution >= 0.6 is 23.2 Å². The van der Waals surface area contributed by atoms with Crippen LogP contribution in [0.4, 0.5) is 0 Å². The summed E-state index contributed by atoms with van der Waals surface area (Å²) in [6.07, 6.45) is 0.419. The van der Waals surface area contributed by atoms with Gasteiger partial charge in [-0.2, -0.15) is 5.10 Å².